The molecule has 0 heterocycles. The van der Waals surface area contributed by atoms with Gasteiger partial charge in [-0.25, -0.2) is 0 Å². The van der Waals surface area contributed by atoms with Crippen molar-refractivity contribution in [1.29, 1.82) is 0 Å². The Kier molecular flexibility index (Phi) is 3.69. The fraction of sp³-hybridized carbons (Fsp3) is 0. The molecule has 4 nitrogen and oxygen atoms in total. The summed E-state index contributed by atoms with van der Waals surface area (Å²) in [5.41, 5.74) is 1.33. The van der Waals surface area contributed by atoms with Gasteiger partial charge < -0.3 is 5.11 Å². The van der Waals surface area contributed by atoms with Crippen molar-refractivity contribution < 1.29 is 9.90 Å². The Morgan fingerprint density at radius 3 is 2.28 bits per heavy atom. The Labute approximate surface area is 109 Å². The van der Waals surface area contributed by atoms with Crippen LogP contribution in [0.5, 0.6) is 5.75 Å². The van der Waals surface area contributed by atoms with E-state index in [0.717, 1.165) is 0 Å². The van der Waals surface area contributed by atoms with Crippen LogP contribution in [0.4, 0.5) is 11.4 Å². The summed E-state index contributed by atoms with van der Waals surface area (Å²) in [4.78, 5) is 10.6. The van der Waals surface area contributed by atoms with E-state index in [1.54, 1.807) is 30.3 Å². The highest BCUT2D eigenvalue weighted by Crippen LogP contribution is 2.24. The Balaban J connectivity index is 2.23. The lowest BCUT2D eigenvalue weighted by Gasteiger charge is -1.98. The summed E-state index contributed by atoms with van der Waals surface area (Å²) in [6.45, 7) is 0. The van der Waals surface area contributed by atoms with Crippen LogP contribution in [-0.2, 0) is 0 Å². The number of azo groups is 1. The van der Waals surface area contributed by atoms with E-state index >= 15 is 0 Å². The SMILES string of the molecule is O=Cc1cc(N=Nc2ccc(Cl)cc2)ccc1O. The van der Waals surface area contributed by atoms with E-state index in [-0.39, 0.29) is 11.3 Å². The number of rotatable bonds is 3. The number of nitrogens with zero attached hydrogens (tertiary/aromatic N) is 2. The smallest absolute Gasteiger partial charge is 0.153 e. The van der Waals surface area contributed by atoms with Crippen LogP contribution in [0.25, 0.3) is 0 Å². The molecule has 2 rings (SSSR count). The minimum Gasteiger partial charge on any atom is -0.507 e. The van der Waals surface area contributed by atoms with Gasteiger partial charge in [-0.05, 0) is 42.5 Å². The highest BCUT2D eigenvalue weighted by molar-refractivity contribution is 6.30. The molecule has 5 heteroatoms. The van der Waals surface area contributed by atoms with Crippen molar-refractivity contribution in [2.75, 3.05) is 0 Å². The summed E-state index contributed by atoms with van der Waals surface area (Å²) in [7, 11) is 0. The number of carbonyl (C=O) groups is 1. The maximum absolute atomic E-state index is 10.6. The Morgan fingerprint density at radius 2 is 1.61 bits per heavy atom. The first-order chi connectivity index (χ1) is 8.69. The summed E-state index contributed by atoms with van der Waals surface area (Å²) in [6, 6.07) is 11.3. The minimum absolute atomic E-state index is 0.0737. The molecule has 0 saturated carbocycles. The van der Waals surface area contributed by atoms with E-state index in [1.807, 2.05) is 0 Å². The average molecular weight is 261 g/mol. The fourth-order valence-electron chi connectivity index (χ4n) is 1.32. The molecule has 0 saturated heterocycles. The van der Waals surface area contributed by atoms with Crippen molar-refractivity contribution in [2.45, 2.75) is 0 Å². The number of hydrogen-bond donors (Lipinski definition) is 1. The number of hydrogen-bond acceptors (Lipinski definition) is 4. The second-order valence-electron chi connectivity index (χ2n) is 3.54. The van der Waals surface area contributed by atoms with E-state index in [4.69, 9.17) is 11.6 Å². The van der Waals surface area contributed by atoms with Crippen LogP contribution in [0.2, 0.25) is 5.02 Å². The summed E-state index contributed by atoms with van der Waals surface area (Å²) in [5, 5.41) is 17.9. The normalized spacial score (nSPS) is 10.7. The van der Waals surface area contributed by atoms with Gasteiger partial charge in [-0.1, -0.05) is 11.6 Å². The van der Waals surface area contributed by atoms with E-state index in [2.05, 4.69) is 10.2 Å². The topological polar surface area (TPSA) is 62.0 Å². The van der Waals surface area contributed by atoms with Gasteiger partial charge in [0.25, 0.3) is 0 Å². The van der Waals surface area contributed by atoms with Crippen LogP contribution >= 0.6 is 11.6 Å². The van der Waals surface area contributed by atoms with Gasteiger partial charge in [-0.15, -0.1) is 0 Å². The summed E-state index contributed by atoms with van der Waals surface area (Å²) < 4.78 is 0. The number of benzene rings is 2. The van der Waals surface area contributed by atoms with Crippen LogP contribution in [0.1, 0.15) is 10.4 Å². The van der Waals surface area contributed by atoms with Gasteiger partial charge in [0.05, 0.1) is 16.9 Å². The number of aromatic hydroxyl groups is 1. The molecule has 0 atom stereocenters. The van der Waals surface area contributed by atoms with Crippen LogP contribution < -0.4 is 0 Å². The lowest BCUT2D eigenvalue weighted by molar-refractivity contribution is 0.112. The highest BCUT2D eigenvalue weighted by Gasteiger charge is 2.00. The number of phenolic OH excluding ortho intramolecular Hbond substituents is 1. The van der Waals surface area contributed by atoms with Gasteiger partial charge in [0.15, 0.2) is 6.29 Å². The van der Waals surface area contributed by atoms with E-state index in [1.165, 1.54) is 12.1 Å². The molecular weight excluding hydrogens is 252 g/mol. The van der Waals surface area contributed by atoms with Crippen LogP contribution in [0, 0.1) is 0 Å². The molecule has 0 bridgehead atoms. The molecule has 0 aliphatic carbocycles. The molecule has 0 aliphatic rings. The van der Waals surface area contributed by atoms with Crippen LogP contribution in [-0.4, -0.2) is 11.4 Å². The minimum atomic E-state index is -0.0737. The van der Waals surface area contributed by atoms with Crippen molar-refractivity contribution >= 4 is 29.3 Å². The zero-order valence-electron chi connectivity index (χ0n) is 9.25. The zero-order chi connectivity index (χ0) is 13.0. The first kappa shape index (κ1) is 12.3. The number of halogens is 1. The van der Waals surface area contributed by atoms with Gasteiger partial charge in [0.2, 0.25) is 0 Å². The van der Waals surface area contributed by atoms with E-state index in [0.29, 0.717) is 22.7 Å². The quantitative estimate of drug-likeness (QED) is 0.661. The monoisotopic (exact) mass is 260 g/mol. The number of phenols is 1. The molecule has 2 aromatic rings. The lowest BCUT2D eigenvalue weighted by atomic mass is 10.2. The van der Waals surface area contributed by atoms with Gasteiger partial charge >= 0.3 is 0 Å². The standard InChI is InChI=1S/C13H9ClN2O2/c14-10-1-3-11(4-2-10)15-16-12-5-6-13(18)9(7-12)8-17/h1-8,18H. The third-order valence-electron chi connectivity index (χ3n) is 2.25. The maximum atomic E-state index is 10.6. The molecule has 0 fully saturated rings. The molecule has 0 aromatic heterocycles. The molecule has 0 radical (unpaired) electrons. The number of aldehydes is 1. The number of carbonyl (C=O) groups excluding carboxylic acids is 1. The van der Waals surface area contributed by atoms with Crippen molar-refractivity contribution in [3.05, 3.63) is 53.1 Å². The van der Waals surface area contributed by atoms with Gasteiger partial charge in [0, 0.05) is 5.02 Å². The lowest BCUT2D eigenvalue weighted by Crippen LogP contribution is -1.79. The molecule has 0 amide bonds. The fourth-order valence-corrected chi connectivity index (χ4v) is 1.45. The predicted octanol–water partition coefficient (Wildman–Crippen LogP) is 4.27. The predicted molar refractivity (Wildman–Crippen MR) is 69.1 cm³/mol. The molecule has 90 valence electrons. The molecule has 0 spiro atoms. The van der Waals surface area contributed by atoms with Crippen molar-refractivity contribution in [3.8, 4) is 5.75 Å². The van der Waals surface area contributed by atoms with E-state index < -0.39 is 0 Å². The first-order valence-electron chi connectivity index (χ1n) is 5.14. The molecule has 1 N–H and O–H groups in total. The van der Waals surface area contributed by atoms with Crippen LogP contribution in [0.3, 0.4) is 0 Å². The van der Waals surface area contributed by atoms with Crippen molar-refractivity contribution in [3.63, 3.8) is 0 Å². The molecule has 0 unspecified atom stereocenters. The Morgan fingerprint density at radius 1 is 1.00 bits per heavy atom. The maximum Gasteiger partial charge on any atom is 0.153 e. The summed E-state index contributed by atoms with van der Waals surface area (Å²) >= 11 is 5.75. The van der Waals surface area contributed by atoms with E-state index in [9.17, 15) is 9.90 Å². The van der Waals surface area contributed by atoms with Crippen molar-refractivity contribution in [2.24, 2.45) is 10.2 Å². The Hall–Kier alpha value is -2.20. The van der Waals surface area contributed by atoms with Crippen LogP contribution in [0.15, 0.2) is 52.7 Å². The zero-order valence-corrected chi connectivity index (χ0v) is 10.0. The second-order valence-corrected chi connectivity index (χ2v) is 3.97. The highest BCUT2D eigenvalue weighted by atomic mass is 35.5. The molecular formula is C13H9ClN2O2. The molecule has 18 heavy (non-hydrogen) atoms. The molecule has 2 aromatic carbocycles. The van der Waals surface area contributed by atoms with Gasteiger partial charge in [0.1, 0.15) is 5.75 Å². The summed E-state index contributed by atoms with van der Waals surface area (Å²) in [5.74, 6) is -0.0737. The Bertz CT molecular complexity index is 594. The van der Waals surface area contributed by atoms with Gasteiger partial charge in [-0.2, -0.15) is 10.2 Å². The van der Waals surface area contributed by atoms with Crippen molar-refractivity contribution in [1.82, 2.24) is 0 Å². The second kappa shape index (κ2) is 5.42. The largest absolute Gasteiger partial charge is 0.507 e. The third-order valence-corrected chi connectivity index (χ3v) is 2.50. The van der Waals surface area contributed by atoms with Gasteiger partial charge in [-0.3, -0.25) is 4.79 Å². The average Bonchev–Trinajstić information content (AvgIpc) is 2.39. The first-order valence-corrected chi connectivity index (χ1v) is 5.52. The third kappa shape index (κ3) is 2.93. The summed E-state index contributed by atoms with van der Waals surface area (Å²) in [6.07, 6.45) is 0.566. The molecule has 0 aliphatic heterocycles.